The van der Waals surface area contributed by atoms with Crippen LogP contribution in [0.1, 0.15) is 6.92 Å². The molecule has 0 bridgehead atoms. The van der Waals surface area contributed by atoms with Crippen molar-refractivity contribution < 1.29 is 4.74 Å². The smallest absolute Gasteiger partial charge is 0.119 e. The Morgan fingerprint density at radius 2 is 1.82 bits per heavy atom. The lowest BCUT2D eigenvalue weighted by molar-refractivity contribution is 0.340. The molecule has 0 unspecified atom stereocenters. The van der Waals surface area contributed by atoms with Crippen LogP contribution >= 0.6 is 27.5 Å². The van der Waals surface area contributed by atoms with E-state index in [-0.39, 0.29) is 0 Å². The van der Waals surface area contributed by atoms with Gasteiger partial charge in [0.1, 0.15) is 5.75 Å². The van der Waals surface area contributed by atoms with Crippen molar-refractivity contribution >= 4 is 27.5 Å². The van der Waals surface area contributed by atoms with E-state index in [0.717, 1.165) is 26.4 Å². The van der Waals surface area contributed by atoms with Crippen LogP contribution in [0.25, 0.3) is 11.1 Å². The van der Waals surface area contributed by atoms with Gasteiger partial charge in [0.25, 0.3) is 0 Å². The van der Waals surface area contributed by atoms with Gasteiger partial charge >= 0.3 is 0 Å². The van der Waals surface area contributed by atoms with E-state index in [1.807, 2.05) is 49.4 Å². The molecule has 0 heterocycles. The van der Waals surface area contributed by atoms with Gasteiger partial charge in [-0.3, -0.25) is 0 Å². The highest BCUT2D eigenvalue weighted by atomic mass is 79.9. The summed E-state index contributed by atoms with van der Waals surface area (Å²) in [6.45, 7) is 2.65. The van der Waals surface area contributed by atoms with Crippen molar-refractivity contribution in [2.75, 3.05) is 6.61 Å². The fraction of sp³-hybridized carbons (Fsp3) is 0.143. The Balaban J connectivity index is 2.36. The summed E-state index contributed by atoms with van der Waals surface area (Å²) in [5.41, 5.74) is 2.20. The Bertz CT molecular complexity index is 508. The highest BCUT2D eigenvalue weighted by molar-refractivity contribution is 9.10. The van der Waals surface area contributed by atoms with Crippen molar-refractivity contribution in [3.63, 3.8) is 0 Å². The first-order valence-corrected chi connectivity index (χ1v) is 6.56. The van der Waals surface area contributed by atoms with E-state index in [0.29, 0.717) is 6.61 Å². The third kappa shape index (κ3) is 3.02. The van der Waals surface area contributed by atoms with Crippen LogP contribution in [0.4, 0.5) is 0 Å². The number of hydrogen-bond donors (Lipinski definition) is 0. The van der Waals surface area contributed by atoms with Crippen LogP contribution in [0.3, 0.4) is 0 Å². The Labute approximate surface area is 115 Å². The van der Waals surface area contributed by atoms with Crippen molar-refractivity contribution in [1.29, 1.82) is 0 Å². The third-order valence-corrected chi connectivity index (χ3v) is 3.33. The minimum absolute atomic E-state index is 0.681. The summed E-state index contributed by atoms with van der Waals surface area (Å²) in [6, 6.07) is 13.8. The molecule has 0 saturated carbocycles. The number of halogens is 2. The average molecular weight is 312 g/mol. The van der Waals surface area contributed by atoms with E-state index in [9.17, 15) is 0 Å². The van der Waals surface area contributed by atoms with Crippen molar-refractivity contribution in [3.05, 3.63) is 52.0 Å². The van der Waals surface area contributed by atoms with E-state index < -0.39 is 0 Å². The van der Waals surface area contributed by atoms with E-state index in [1.54, 1.807) is 0 Å². The van der Waals surface area contributed by atoms with Gasteiger partial charge in [0.2, 0.25) is 0 Å². The van der Waals surface area contributed by atoms with Crippen LogP contribution in [-0.4, -0.2) is 6.61 Å². The zero-order valence-electron chi connectivity index (χ0n) is 9.41. The molecule has 3 heteroatoms. The van der Waals surface area contributed by atoms with Crippen LogP contribution in [0.2, 0.25) is 5.02 Å². The Hall–Kier alpha value is -0.990. The van der Waals surface area contributed by atoms with Gasteiger partial charge in [-0.1, -0.05) is 39.7 Å². The Morgan fingerprint density at radius 1 is 1.12 bits per heavy atom. The molecule has 2 aromatic carbocycles. The van der Waals surface area contributed by atoms with E-state index in [4.69, 9.17) is 16.3 Å². The highest BCUT2D eigenvalue weighted by Gasteiger charge is 2.04. The standard InChI is InChI=1S/C14H12BrClO/c1-2-17-12-6-3-10(4-7-12)13-9-11(16)5-8-14(13)15/h3-9H,2H2,1H3. The molecule has 0 aromatic heterocycles. The summed E-state index contributed by atoms with van der Waals surface area (Å²) in [4.78, 5) is 0. The summed E-state index contributed by atoms with van der Waals surface area (Å²) in [5, 5.41) is 0.733. The summed E-state index contributed by atoms with van der Waals surface area (Å²) in [6.07, 6.45) is 0. The van der Waals surface area contributed by atoms with Crippen molar-refractivity contribution in [3.8, 4) is 16.9 Å². The maximum Gasteiger partial charge on any atom is 0.119 e. The molecule has 0 radical (unpaired) electrons. The van der Waals surface area contributed by atoms with Crippen molar-refractivity contribution in [2.45, 2.75) is 6.92 Å². The maximum atomic E-state index is 6.00. The lowest BCUT2D eigenvalue weighted by Crippen LogP contribution is -1.90. The fourth-order valence-electron chi connectivity index (χ4n) is 1.62. The van der Waals surface area contributed by atoms with Crippen molar-refractivity contribution in [2.24, 2.45) is 0 Å². The molecule has 2 rings (SSSR count). The van der Waals surface area contributed by atoms with Gasteiger partial charge in [-0.15, -0.1) is 0 Å². The van der Waals surface area contributed by atoms with Crippen LogP contribution in [0, 0.1) is 0 Å². The van der Waals surface area contributed by atoms with Gasteiger partial charge < -0.3 is 4.74 Å². The van der Waals surface area contributed by atoms with Gasteiger partial charge in [-0.05, 0) is 48.4 Å². The molecule has 17 heavy (non-hydrogen) atoms. The van der Waals surface area contributed by atoms with Gasteiger partial charge in [0, 0.05) is 9.50 Å². The summed E-state index contributed by atoms with van der Waals surface area (Å²) < 4.78 is 6.45. The zero-order valence-corrected chi connectivity index (χ0v) is 11.8. The fourth-order valence-corrected chi connectivity index (χ4v) is 2.26. The van der Waals surface area contributed by atoms with E-state index in [1.165, 1.54) is 0 Å². The lowest BCUT2D eigenvalue weighted by Gasteiger charge is -2.07. The quantitative estimate of drug-likeness (QED) is 0.760. The van der Waals surface area contributed by atoms with Crippen LogP contribution in [0.5, 0.6) is 5.75 Å². The van der Waals surface area contributed by atoms with Crippen LogP contribution < -0.4 is 4.74 Å². The average Bonchev–Trinajstić information content (AvgIpc) is 2.34. The minimum atomic E-state index is 0.681. The Kier molecular flexibility index (Phi) is 4.08. The molecule has 88 valence electrons. The molecular weight excluding hydrogens is 300 g/mol. The number of benzene rings is 2. The molecule has 0 fully saturated rings. The SMILES string of the molecule is CCOc1ccc(-c2cc(Cl)ccc2Br)cc1. The monoisotopic (exact) mass is 310 g/mol. The molecule has 2 aromatic rings. The first kappa shape index (κ1) is 12.5. The molecule has 1 nitrogen and oxygen atoms in total. The van der Waals surface area contributed by atoms with Crippen LogP contribution in [0.15, 0.2) is 46.9 Å². The molecule has 0 N–H and O–H groups in total. The largest absolute Gasteiger partial charge is 0.494 e. The van der Waals surface area contributed by atoms with E-state index >= 15 is 0 Å². The first-order valence-electron chi connectivity index (χ1n) is 5.39. The lowest BCUT2D eigenvalue weighted by atomic mass is 10.1. The van der Waals surface area contributed by atoms with Gasteiger partial charge in [0.15, 0.2) is 0 Å². The first-order chi connectivity index (χ1) is 8.20. The summed E-state index contributed by atoms with van der Waals surface area (Å²) >= 11 is 9.53. The normalized spacial score (nSPS) is 10.3. The highest BCUT2D eigenvalue weighted by Crippen LogP contribution is 2.31. The second kappa shape index (κ2) is 5.56. The minimum Gasteiger partial charge on any atom is -0.494 e. The zero-order chi connectivity index (χ0) is 12.3. The number of ether oxygens (including phenoxy) is 1. The van der Waals surface area contributed by atoms with Gasteiger partial charge in [-0.25, -0.2) is 0 Å². The molecule has 0 saturated heterocycles. The predicted octanol–water partition coefficient (Wildman–Crippen LogP) is 5.17. The summed E-state index contributed by atoms with van der Waals surface area (Å²) in [7, 11) is 0. The summed E-state index contributed by atoms with van der Waals surface area (Å²) in [5.74, 6) is 0.884. The van der Waals surface area contributed by atoms with Crippen molar-refractivity contribution in [1.82, 2.24) is 0 Å². The van der Waals surface area contributed by atoms with E-state index in [2.05, 4.69) is 15.9 Å². The molecule has 0 atom stereocenters. The molecule has 0 aliphatic rings. The molecule has 0 amide bonds. The molecular formula is C14H12BrClO. The number of hydrogen-bond acceptors (Lipinski definition) is 1. The Morgan fingerprint density at radius 3 is 2.47 bits per heavy atom. The topological polar surface area (TPSA) is 9.23 Å². The predicted molar refractivity (Wildman–Crippen MR) is 75.8 cm³/mol. The molecule has 0 spiro atoms. The van der Waals surface area contributed by atoms with Gasteiger partial charge in [0.05, 0.1) is 6.61 Å². The number of rotatable bonds is 3. The molecule has 0 aliphatic carbocycles. The second-order valence-corrected chi connectivity index (χ2v) is 4.87. The second-order valence-electron chi connectivity index (χ2n) is 3.58. The van der Waals surface area contributed by atoms with Crippen LogP contribution in [-0.2, 0) is 0 Å². The molecule has 0 aliphatic heterocycles. The maximum absolute atomic E-state index is 6.00. The third-order valence-electron chi connectivity index (χ3n) is 2.40. The van der Waals surface area contributed by atoms with Gasteiger partial charge in [-0.2, -0.15) is 0 Å².